The molecule has 23 heavy (non-hydrogen) atoms. The van der Waals surface area contributed by atoms with E-state index >= 15 is 0 Å². The number of ether oxygens (including phenoxy) is 1. The molecule has 4 nitrogen and oxygen atoms in total. The van der Waals surface area contributed by atoms with Crippen LogP contribution in [0.25, 0.3) is 0 Å². The lowest BCUT2D eigenvalue weighted by atomic mass is 10.1. The first-order chi connectivity index (χ1) is 11.1. The van der Waals surface area contributed by atoms with E-state index in [2.05, 4.69) is 5.32 Å². The maximum atomic E-state index is 13.4. The molecule has 122 valence electrons. The summed E-state index contributed by atoms with van der Waals surface area (Å²) in [5.74, 6) is -1.08. The molecule has 6 heteroatoms. The predicted molar refractivity (Wildman–Crippen MR) is 86.7 cm³/mol. The van der Waals surface area contributed by atoms with E-state index < -0.39 is 5.97 Å². The third-order valence-corrected chi connectivity index (χ3v) is 3.97. The summed E-state index contributed by atoms with van der Waals surface area (Å²) in [6.45, 7) is -0.00797. The summed E-state index contributed by atoms with van der Waals surface area (Å²) in [7, 11) is 0. The number of esters is 1. The van der Waals surface area contributed by atoms with E-state index in [1.54, 1.807) is 29.5 Å². The van der Waals surface area contributed by atoms with E-state index in [1.807, 2.05) is 16.8 Å². The minimum atomic E-state index is -0.402. The van der Waals surface area contributed by atoms with Crippen LogP contribution >= 0.6 is 11.3 Å². The van der Waals surface area contributed by atoms with Crippen LogP contribution in [-0.4, -0.2) is 25.0 Å². The van der Waals surface area contributed by atoms with Gasteiger partial charge in [-0.1, -0.05) is 18.2 Å². The minimum absolute atomic E-state index is 0.249. The Morgan fingerprint density at radius 3 is 2.74 bits per heavy atom. The van der Waals surface area contributed by atoms with Crippen molar-refractivity contribution in [2.75, 3.05) is 13.2 Å². The number of nitrogens with one attached hydrogen (secondary N) is 1. The van der Waals surface area contributed by atoms with Crippen LogP contribution in [-0.2, 0) is 27.2 Å². The van der Waals surface area contributed by atoms with Crippen LogP contribution in [0.1, 0.15) is 17.5 Å². The zero-order chi connectivity index (χ0) is 16.5. The maximum Gasteiger partial charge on any atom is 0.306 e. The number of amides is 1. The second-order valence-electron chi connectivity index (χ2n) is 4.98. The van der Waals surface area contributed by atoms with E-state index in [-0.39, 0.29) is 24.8 Å². The third kappa shape index (κ3) is 6.20. The van der Waals surface area contributed by atoms with Gasteiger partial charge in [-0.25, -0.2) is 4.39 Å². The predicted octanol–water partition coefficient (Wildman–Crippen LogP) is 2.72. The summed E-state index contributed by atoms with van der Waals surface area (Å²) < 4.78 is 18.3. The monoisotopic (exact) mass is 335 g/mol. The lowest BCUT2D eigenvalue weighted by Crippen LogP contribution is -2.30. The molecule has 0 atom stereocenters. The van der Waals surface area contributed by atoms with E-state index in [9.17, 15) is 14.0 Å². The number of hydrogen-bond donors (Lipinski definition) is 1. The van der Waals surface area contributed by atoms with Gasteiger partial charge in [0.05, 0.1) is 0 Å². The number of aryl methyl sites for hydroxylation is 1. The minimum Gasteiger partial charge on any atom is -0.456 e. The quantitative estimate of drug-likeness (QED) is 0.755. The van der Waals surface area contributed by atoms with Crippen molar-refractivity contribution >= 4 is 23.2 Å². The molecule has 1 aromatic heterocycles. The van der Waals surface area contributed by atoms with Crippen LogP contribution in [0.3, 0.4) is 0 Å². The Morgan fingerprint density at radius 2 is 2.00 bits per heavy atom. The SMILES string of the molecule is O=C(COC(=O)CCc1ccsc1)NCCc1ccccc1F. The standard InChI is InChI=1S/C17H18FNO3S/c18-15-4-2-1-3-14(15)7-9-19-16(20)11-22-17(21)6-5-13-8-10-23-12-13/h1-4,8,10,12H,5-7,9,11H2,(H,19,20). The van der Waals surface area contributed by atoms with Gasteiger partial charge in [0.25, 0.3) is 5.91 Å². The van der Waals surface area contributed by atoms with E-state index in [0.717, 1.165) is 5.56 Å². The maximum absolute atomic E-state index is 13.4. The van der Waals surface area contributed by atoms with E-state index in [0.29, 0.717) is 24.9 Å². The van der Waals surface area contributed by atoms with Crippen molar-refractivity contribution in [3.05, 3.63) is 58.0 Å². The number of benzene rings is 1. The number of halogens is 1. The Bertz CT molecular complexity index is 643. The van der Waals surface area contributed by atoms with Gasteiger partial charge >= 0.3 is 5.97 Å². The van der Waals surface area contributed by atoms with Crippen molar-refractivity contribution in [3.63, 3.8) is 0 Å². The largest absolute Gasteiger partial charge is 0.456 e. The average Bonchev–Trinajstić information content (AvgIpc) is 3.06. The number of thiophene rings is 1. The molecule has 2 aromatic rings. The van der Waals surface area contributed by atoms with Gasteiger partial charge in [-0.15, -0.1) is 0 Å². The van der Waals surface area contributed by atoms with Gasteiger partial charge in [0.2, 0.25) is 0 Å². The summed E-state index contributed by atoms with van der Waals surface area (Å²) >= 11 is 1.57. The van der Waals surface area contributed by atoms with Crippen molar-refractivity contribution in [2.45, 2.75) is 19.3 Å². The van der Waals surface area contributed by atoms with Crippen LogP contribution in [0.15, 0.2) is 41.1 Å². The van der Waals surface area contributed by atoms with Crippen molar-refractivity contribution < 1.29 is 18.7 Å². The van der Waals surface area contributed by atoms with Gasteiger partial charge in [-0.3, -0.25) is 9.59 Å². The van der Waals surface area contributed by atoms with Crippen molar-refractivity contribution in [1.82, 2.24) is 5.32 Å². The molecule has 0 aliphatic carbocycles. The zero-order valence-electron chi connectivity index (χ0n) is 12.6. The lowest BCUT2D eigenvalue weighted by Gasteiger charge is -2.07. The first-order valence-corrected chi connectivity index (χ1v) is 8.26. The number of rotatable bonds is 8. The number of carbonyl (C=O) groups is 2. The van der Waals surface area contributed by atoms with Gasteiger partial charge in [0.15, 0.2) is 6.61 Å². The molecule has 0 radical (unpaired) electrons. The highest BCUT2D eigenvalue weighted by molar-refractivity contribution is 7.07. The van der Waals surface area contributed by atoms with Crippen molar-refractivity contribution in [3.8, 4) is 0 Å². The van der Waals surface area contributed by atoms with Crippen LogP contribution in [0.2, 0.25) is 0 Å². The molecule has 0 aliphatic heterocycles. The Kier molecular flexibility index (Phi) is 6.75. The normalized spacial score (nSPS) is 10.3. The summed E-state index contributed by atoms with van der Waals surface area (Å²) in [5.41, 5.74) is 1.63. The van der Waals surface area contributed by atoms with Gasteiger partial charge in [0.1, 0.15) is 5.82 Å². The molecule has 1 aromatic carbocycles. The molecular weight excluding hydrogens is 317 g/mol. The highest BCUT2D eigenvalue weighted by Gasteiger charge is 2.08. The molecule has 1 N–H and O–H groups in total. The van der Waals surface area contributed by atoms with E-state index in [4.69, 9.17) is 4.74 Å². The van der Waals surface area contributed by atoms with E-state index in [1.165, 1.54) is 6.07 Å². The summed E-state index contributed by atoms with van der Waals surface area (Å²) in [4.78, 5) is 23.1. The Hall–Kier alpha value is -2.21. The lowest BCUT2D eigenvalue weighted by molar-refractivity contribution is -0.148. The molecule has 1 heterocycles. The van der Waals surface area contributed by atoms with Crippen LogP contribution in [0.5, 0.6) is 0 Å². The van der Waals surface area contributed by atoms with Gasteiger partial charge in [-0.05, 0) is 46.9 Å². The van der Waals surface area contributed by atoms with Crippen molar-refractivity contribution in [1.29, 1.82) is 0 Å². The first kappa shape index (κ1) is 17.1. The Morgan fingerprint density at radius 1 is 1.17 bits per heavy atom. The third-order valence-electron chi connectivity index (χ3n) is 3.24. The molecule has 0 bridgehead atoms. The molecule has 0 aliphatic rings. The van der Waals surface area contributed by atoms with Crippen molar-refractivity contribution in [2.24, 2.45) is 0 Å². The molecule has 0 fully saturated rings. The molecular formula is C17H18FNO3S. The summed E-state index contributed by atoms with van der Waals surface area (Å²) in [5, 5.41) is 6.53. The van der Waals surface area contributed by atoms with Gasteiger partial charge in [0, 0.05) is 13.0 Å². The summed E-state index contributed by atoms with van der Waals surface area (Å²) in [6, 6.07) is 8.37. The summed E-state index contributed by atoms with van der Waals surface area (Å²) in [6.07, 6.45) is 1.25. The molecule has 2 rings (SSSR count). The first-order valence-electron chi connectivity index (χ1n) is 7.32. The molecule has 1 amide bonds. The van der Waals surface area contributed by atoms with Crippen LogP contribution in [0.4, 0.5) is 4.39 Å². The molecule has 0 saturated carbocycles. The smallest absolute Gasteiger partial charge is 0.306 e. The second-order valence-corrected chi connectivity index (χ2v) is 5.76. The fourth-order valence-corrected chi connectivity index (χ4v) is 2.69. The second kappa shape index (κ2) is 9.05. The molecule has 0 spiro atoms. The Balaban J connectivity index is 1.59. The van der Waals surface area contributed by atoms with Gasteiger partial charge in [-0.2, -0.15) is 11.3 Å². The fraction of sp³-hybridized carbons (Fsp3) is 0.294. The number of carbonyl (C=O) groups excluding carboxylic acids is 2. The van der Waals surface area contributed by atoms with Crippen LogP contribution < -0.4 is 5.32 Å². The van der Waals surface area contributed by atoms with Crippen LogP contribution in [0, 0.1) is 5.82 Å². The Labute approximate surface area is 138 Å². The zero-order valence-corrected chi connectivity index (χ0v) is 13.4. The highest BCUT2D eigenvalue weighted by Crippen LogP contribution is 2.09. The van der Waals surface area contributed by atoms with Gasteiger partial charge < -0.3 is 10.1 Å². The highest BCUT2D eigenvalue weighted by atomic mass is 32.1. The topological polar surface area (TPSA) is 55.4 Å². The molecule has 0 unspecified atom stereocenters. The average molecular weight is 335 g/mol. The molecule has 0 saturated heterocycles. The number of hydrogen-bond acceptors (Lipinski definition) is 4. The fourth-order valence-electron chi connectivity index (χ4n) is 1.99.